The van der Waals surface area contributed by atoms with Crippen LogP contribution in [0.4, 0.5) is 0 Å². The molecule has 0 atom stereocenters. The minimum absolute atomic E-state index is 1.22. The summed E-state index contributed by atoms with van der Waals surface area (Å²) in [5.41, 5.74) is 1.22. The van der Waals surface area contributed by atoms with E-state index in [1.807, 2.05) is 44.2 Å². The first-order valence-corrected chi connectivity index (χ1v) is 3.90. The van der Waals surface area contributed by atoms with Crippen LogP contribution in [0.5, 0.6) is 0 Å². The van der Waals surface area contributed by atoms with Crippen molar-refractivity contribution in [2.45, 2.75) is 13.8 Å². The van der Waals surface area contributed by atoms with E-state index in [-0.39, 0.29) is 0 Å². The lowest BCUT2D eigenvalue weighted by molar-refractivity contribution is 1.52. The Balaban J connectivity index is 0. The Hall–Kier alpha value is -1.30. The van der Waals surface area contributed by atoms with Gasteiger partial charge in [0, 0.05) is 0 Å². The maximum Gasteiger partial charge on any atom is -0.0398 e. The molecule has 0 fully saturated rings. The van der Waals surface area contributed by atoms with Crippen LogP contribution in [0.25, 0.3) is 0 Å². The van der Waals surface area contributed by atoms with Crippen molar-refractivity contribution in [3.8, 4) is 0 Å². The molecule has 0 aromatic heterocycles. The van der Waals surface area contributed by atoms with Gasteiger partial charge in [0.1, 0.15) is 0 Å². The summed E-state index contributed by atoms with van der Waals surface area (Å²) in [6.45, 7) is 13.6. The highest BCUT2D eigenvalue weighted by Crippen LogP contribution is 1.94. The molecule has 0 saturated heterocycles. The summed E-state index contributed by atoms with van der Waals surface area (Å²) in [6.07, 6.45) is 11.8. The van der Waals surface area contributed by atoms with Crippen molar-refractivity contribution >= 4 is 0 Å². The summed E-state index contributed by atoms with van der Waals surface area (Å²) >= 11 is 0. The van der Waals surface area contributed by atoms with Crippen LogP contribution in [-0.4, -0.2) is 0 Å². The Morgan fingerprint density at radius 3 is 2.17 bits per heavy atom. The van der Waals surface area contributed by atoms with Gasteiger partial charge in [0.15, 0.2) is 0 Å². The van der Waals surface area contributed by atoms with E-state index in [0.29, 0.717) is 0 Å². The molecule has 0 heterocycles. The zero-order valence-electron chi connectivity index (χ0n) is 8.09. The topological polar surface area (TPSA) is 0 Å². The van der Waals surface area contributed by atoms with Gasteiger partial charge < -0.3 is 0 Å². The lowest BCUT2D eigenvalue weighted by Gasteiger charge is -1.83. The van der Waals surface area contributed by atoms with Crippen LogP contribution in [0.15, 0.2) is 61.8 Å². The molecule has 0 N–H and O–H groups in total. The molecular weight excluding hydrogens is 144 g/mol. The summed E-state index contributed by atoms with van der Waals surface area (Å²) in [6, 6.07) is 0. The molecule has 0 radical (unpaired) electrons. The van der Waals surface area contributed by atoms with Crippen LogP contribution in [0.3, 0.4) is 0 Å². The molecule has 0 aliphatic rings. The highest BCUT2D eigenvalue weighted by atomic mass is 13.8. The minimum atomic E-state index is 1.22. The van der Waals surface area contributed by atoms with Gasteiger partial charge in [-0.2, -0.15) is 0 Å². The Morgan fingerprint density at radius 1 is 1.17 bits per heavy atom. The highest BCUT2D eigenvalue weighted by Gasteiger charge is 1.73. The number of rotatable bonds is 3. The first kappa shape index (κ1) is 13.3. The molecule has 0 amide bonds. The third-order valence-corrected chi connectivity index (χ3v) is 1.04. The summed E-state index contributed by atoms with van der Waals surface area (Å²) < 4.78 is 0. The predicted molar refractivity (Wildman–Crippen MR) is 59.2 cm³/mol. The van der Waals surface area contributed by atoms with Gasteiger partial charge in [0.25, 0.3) is 0 Å². The van der Waals surface area contributed by atoms with E-state index in [1.54, 1.807) is 6.08 Å². The molecule has 0 aromatic rings. The van der Waals surface area contributed by atoms with E-state index < -0.39 is 0 Å². The third-order valence-electron chi connectivity index (χ3n) is 1.04. The fraction of sp³-hybridized carbons (Fsp3) is 0.167. The lowest BCUT2D eigenvalue weighted by atomic mass is 10.2. The third kappa shape index (κ3) is 11.5. The molecule has 0 bridgehead atoms. The van der Waals surface area contributed by atoms with E-state index in [2.05, 4.69) is 19.7 Å². The SMILES string of the molecule is C=C.C=C\C=C(C)/C=C\C=C/C. The second kappa shape index (κ2) is 12.4. The molecule has 0 aliphatic carbocycles. The second-order valence-electron chi connectivity index (χ2n) is 2.03. The van der Waals surface area contributed by atoms with Crippen molar-refractivity contribution in [3.05, 3.63) is 61.8 Å². The average Bonchev–Trinajstić information content (AvgIpc) is 2.09. The summed E-state index contributed by atoms with van der Waals surface area (Å²) in [5, 5.41) is 0. The van der Waals surface area contributed by atoms with Gasteiger partial charge in [0.2, 0.25) is 0 Å². The molecule has 0 saturated carbocycles. The van der Waals surface area contributed by atoms with Gasteiger partial charge in [0.05, 0.1) is 0 Å². The molecule has 0 rings (SSSR count). The first-order chi connectivity index (χ1) is 5.81. The fourth-order valence-corrected chi connectivity index (χ4v) is 0.560. The van der Waals surface area contributed by atoms with Crippen LogP contribution in [0, 0.1) is 0 Å². The van der Waals surface area contributed by atoms with Crippen LogP contribution in [0.1, 0.15) is 13.8 Å². The molecule has 66 valence electrons. The van der Waals surface area contributed by atoms with Crippen LogP contribution < -0.4 is 0 Å². The molecule has 0 heteroatoms. The van der Waals surface area contributed by atoms with Crippen molar-refractivity contribution in [2.24, 2.45) is 0 Å². The summed E-state index contributed by atoms with van der Waals surface area (Å²) in [4.78, 5) is 0. The molecule has 0 unspecified atom stereocenters. The Kier molecular flexibility index (Phi) is 13.7. The minimum Gasteiger partial charge on any atom is -0.106 e. The molecule has 0 aliphatic heterocycles. The number of hydrogen-bond acceptors (Lipinski definition) is 0. The first-order valence-electron chi connectivity index (χ1n) is 3.90. The van der Waals surface area contributed by atoms with Gasteiger partial charge in [-0.3, -0.25) is 0 Å². The average molecular weight is 162 g/mol. The maximum absolute atomic E-state index is 3.60. The van der Waals surface area contributed by atoms with Crippen molar-refractivity contribution in [2.75, 3.05) is 0 Å². The van der Waals surface area contributed by atoms with Crippen LogP contribution in [-0.2, 0) is 0 Å². The van der Waals surface area contributed by atoms with E-state index in [1.165, 1.54) is 5.57 Å². The normalized spacial score (nSPS) is 11.3. The maximum atomic E-state index is 3.60. The lowest BCUT2D eigenvalue weighted by Crippen LogP contribution is -1.62. The quantitative estimate of drug-likeness (QED) is 0.434. The Bertz CT molecular complexity index is 180. The second-order valence-corrected chi connectivity index (χ2v) is 2.03. The monoisotopic (exact) mass is 162 g/mol. The van der Waals surface area contributed by atoms with Crippen molar-refractivity contribution in [3.63, 3.8) is 0 Å². The van der Waals surface area contributed by atoms with Crippen molar-refractivity contribution < 1.29 is 0 Å². The van der Waals surface area contributed by atoms with Crippen molar-refractivity contribution in [1.82, 2.24) is 0 Å². The number of hydrogen-bond donors (Lipinski definition) is 0. The van der Waals surface area contributed by atoms with Gasteiger partial charge in [-0.05, 0) is 13.8 Å². The predicted octanol–water partition coefficient (Wildman–Crippen LogP) is 4.05. The van der Waals surface area contributed by atoms with Gasteiger partial charge in [-0.25, -0.2) is 0 Å². The van der Waals surface area contributed by atoms with E-state index >= 15 is 0 Å². The summed E-state index contributed by atoms with van der Waals surface area (Å²) in [7, 11) is 0. The fourth-order valence-electron chi connectivity index (χ4n) is 0.560. The highest BCUT2D eigenvalue weighted by molar-refractivity contribution is 5.23. The molecule has 0 spiro atoms. The molecule has 0 nitrogen and oxygen atoms in total. The Morgan fingerprint density at radius 2 is 1.75 bits per heavy atom. The van der Waals surface area contributed by atoms with E-state index in [4.69, 9.17) is 0 Å². The standard InChI is InChI=1S/C10H14.C2H4/c1-4-6-7-9-10(3)8-5-2;1-2/h4-9H,2H2,1,3H3;1-2H2/b6-4-,9-7-,10-8-;. The zero-order chi connectivity index (χ0) is 9.82. The van der Waals surface area contributed by atoms with Gasteiger partial charge in [-0.15, -0.1) is 13.2 Å². The van der Waals surface area contributed by atoms with Crippen molar-refractivity contribution in [1.29, 1.82) is 0 Å². The largest absolute Gasteiger partial charge is 0.106 e. The van der Waals surface area contributed by atoms with Crippen LogP contribution >= 0.6 is 0 Å². The number of allylic oxidation sites excluding steroid dienone is 7. The molecule has 12 heavy (non-hydrogen) atoms. The van der Waals surface area contributed by atoms with Crippen LogP contribution in [0.2, 0.25) is 0 Å². The summed E-state index contributed by atoms with van der Waals surface area (Å²) in [5.74, 6) is 0. The molecular formula is C12H18. The molecule has 0 aromatic carbocycles. The Labute approximate surface area is 76.3 Å². The zero-order valence-corrected chi connectivity index (χ0v) is 8.09. The van der Waals surface area contributed by atoms with Gasteiger partial charge >= 0.3 is 0 Å². The van der Waals surface area contributed by atoms with Gasteiger partial charge in [-0.1, -0.05) is 48.6 Å². The van der Waals surface area contributed by atoms with E-state index in [9.17, 15) is 0 Å². The smallest absolute Gasteiger partial charge is 0.0398 e. The van der Waals surface area contributed by atoms with E-state index in [0.717, 1.165) is 0 Å².